The molecule has 0 bridgehead atoms. The molecule has 0 spiro atoms. The number of aromatic amines is 1. The second-order valence-electron chi connectivity index (χ2n) is 3.91. The minimum absolute atomic E-state index is 0.0620. The van der Waals surface area contributed by atoms with Crippen molar-refractivity contribution < 1.29 is 14.7 Å². The monoisotopic (exact) mass is 225 g/mol. The minimum Gasteiger partial charge on any atom is -0.481 e. The Kier molecular flexibility index (Phi) is 4.04. The molecule has 16 heavy (non-hydrogen) atoms. The molecule has 1 atom stereocenters. The summed E-state index contributed by atoms with van der Waals surface area (Å²) in [6, 6.07) is -0.375. The number of carboxylic acids is 1. The molecule has 3 N–H and O–H groups in total. The Morgan fingerprint density at radius 3 is 2.69 bits per heavy atom. The fourth-order valence-electron chi connectivity index (χ4n) is 1.27. The van der Waals surface area contributed by atoms with Gasteiger partial charge in [-0.3, -0.25) is 14.7 Å². The van der Waals surface area contributed by atoms with E-state index in [9.17, 15) is 9.59 Å². The fourth-order valence-corrected chi connectivity index (χ4v) is 1.27. The molecule has 1 unspecified atom stereocenters. The molecule has 6 heteroatoms. The lowest BCUT2D eigenvalue weighted by Gasteiger charge is -2.20. The number of H-pyrrole nitrogens is 1. The summed E-state index contributed by atoms with van der Waals surface area (Å²) >= 11 is 0. The van der Waals surface area contributed by atoms with E-state index in [1.807, 2.05) is 13.8 Å². The SMILES string of the molecule is CC(C)C(CC(=O)O)NC(=O)c1cn[nH]c1. The van der Waals surface area contributed by atoms with E-state index in [-0.39, 0.29) is 24.3 Å². The summed E-state index contributed by atoms with van der Waals surface area (Å²) in [5.41, 5.74) is 0.399. The molecule has 1 rings (SSSR count). The molecule has 0 aromatic carbocycles. The maximum Gasteiger partial charge on any atom is 0.305 e. The maximum atomic E-state index is 11.6. The Labute approximate surface area is 93.1 Å². The molecule has 1 amide bonds. The summed E-state index contributed by atoms with van der Waals surface area (Å²) in [6.45, 7) is 3.73. The van der Waals surface area contributed by atoms with Crippen molar-refractivity contribution in [2.45, 2.75) is 26.3 Å². The summed E-state index contributed by atoms with van der Waals surface area (Å²) in [7, 11) is 0. The molecular weight excluding hydrogens is 210 g/mol. The number of aliphatic carboxylic acids is 1. The zero-order valence-electron chi connectivity index (χ0n) is 9.23. The Morgan fingerprint density at radius 1 is 1.56 bits per heavy atom. The van der Waals surface area contributed by atoms with Crippen LogP contribution in [0.4, 0.5) is 0 Å². The van der Waals surface area contributed by atoms with Crippen molar-refractivity contribution in [1.29, 1.82) is 0 Å². The van der Waals surface area contributed by atoms with E-state index in [2.05, 4.69) is 15.5 Å². The normalized spacial score (nSPS) is 12.4. The van der Waals surface area contributed by atoms with E-state index >= 15 is 0 Å². The first-order valence-corrected chi connectivity index (χ1v) is 5.02. The van der Waals surface area contributed by atoms with E-state index in [0.29, 0.717) is 5.56 Å². The van der Waals surface area contributed by atoms with Crippen molar-refractivity contribution in [3.8, 4) is 0 Å². The highest BCUT2D eigenvalue weighted by Crippen LogP contribution is 2.07. The summed E-state index contributed by atoms with van der Waals surface area (Å²) in [6.07, 6.45) is 2.78. The van der Waals surface area contributed by atoms with Crippen LogP contribution < -0.4 is 5.32 Å². The van der Waals surface area contributed by atoms with Gasteiger partial charge in [0, 0.05) is 12.2 Å². The Bertz CT molecular complexity index is 359. The molecule has 0 fully saturated rings. The number of aromatic nitrogens is 2. The van der Waals surface area contributed by atoms with Crippen LogP contribution in [0.1, 0.15) is 30.6 Å². The number of carbonyl (C=O) groups excluding carboxylic acids is 1. The topological polar surface area (TPSA) is 95.1 Å². The smallest absolute Gasteiger partial charge is 0.305 e. The first-order chi connectivity index (χ1) is 7.50. The molecule has 0 saturated heterocycles. The summed E-state index contributed by atoms with van der Waals surface area (Å²) in [5, 5.41) is 17.6. The third kappa shape index (κ3) is 3.38. The summed E-state index contributed by atoms with van der Waals surface area (Å²) < 4.78 is 0. The van der Waals surface area contributed by atoms with Crippen LogP contribution in [0.15, 0.2) is 12.4 Å². The zero-order chi connectivity index (χ0) is 12.1. The molecule has 88 valence electrons. The highest BCUT2D eigenvalue weighted by Gasteiger charge is 2.20. The molecule has 6 nitrogen and oxygen atoms in total. The third-order valence-corrected chi connectivity index (χ3v) is 2.28. The van der Waals surface area contributed by atoms with Crippen molar-refractivity contribution in [1.82, 2.24) is 15.5 Å². The second-order valence-corrected chi connectivity index (χ2v) is 3.91. The number of amides is 1. The Morgan fingerprint density at radius 2 is 2.25 bits per heavy atom. The average molecular weight is 225 g/mol. The number of rotatable bonds is 5. The van der Waals surface area contributed by atoms with Crippen LogP contribution in [-0.4, -0.2) is 33.2 Å². The molecule has 0 saturated carbocycles. The molecule has 1 aromatic heterocycles. The summed E-state index contributed by atoms with van der Waals surface area (Å²) in [4.78, 5) is 22.3. The molecule has 0 aliphatic heterocycles. The molecule has 0 aliphatic carbocycles. The number of carbonyl (C=O) groups is 2. The van der Waals surface area contributed by atoms with Gasteiger partial charge in [0.05, 0.1) is 18.2 Å². The van der Waals surface area contributed by atoms with Crippen molar-refractivity contribution in [3.63, 3.8) is 0 Å². The van der Waals surface area contributed by atoms with E-state index < -0.39 is 5.97 Å². The highest BCUT2D eigenvalue weighted by atomic mass is 16.4. The van der Waals surface area contributed by atoms with E-state index in [1.54, 1.807) is 0 Å². The van der Waals surface area contributed by atoms with Crippen LogP contribution in [-0.2, 0) is 4.79 Å². The van der Waals surface area contributed by atoms with Crippen molar-refractivity contribution in [2.24, 2.45) is 5.92 Å². The number of nitrogens with one attached hydrogen (secondary N) is 2. The van der Waals surface area contributed by atoms with Gasteiger partial charge in [-0.25, -0.2) is 0 Å². The van der Waals surface area contributed by atoms with Gasteiger partial charge >= 0.3 is 5.97 Å². The second kappa shape index (κ2) is 5.29. The van der Waals surface area contributed by atoms with Crippen LogP contribution in [0, 0.1) is 5.92 Å². The average Bonchev–Trinajstić information content (AvgIpc) is 2.68. The van der Waals surface area contributed by atoms with Gasteiger partial charge in [-0.2, -0.15) is 5.10 Å². The van der Waals surface area contributed by atoms with Gasteiger partial charge in [0.2, 0.25) is 0 Å². The fraction of sp³-hybridized carbons (Fsp3) is 0.500. The zero-order valence-corrected chi connectivity index (χ0v) is 9.23. The van der Waals surface area contributed by atoms with Gasteiger partial charge < -0.3 is 10.4 Å². The van der Waals surface area contributed by atoms with Crippen molar-refractivity contribution in [2.75, 3.05) is 0 Å². The third-order valence-electron chi connectivity index (χ3n) is 2.28. The number of carboxylic acid groups (broad SMARTS) is 1. The van der Waals surface area contributed by atoms with Crippen LogP contribution in [0.2, 0.25) is 0 Å². The molecule has 1 aromatic rings. The lowest BCUT2D eigenvalue weighted by Crippen LogP contribution is -2.39. The van der Waals surface area contributed by atoms with Gasteiger partial charge in [0.1, 0.15) is 0 Å². The van der Waals surface area contributed by atoms with Crippen LogP contribution in [0.25, 0.3) is 0 Å². The van der Waals surface area contributed by atoms with Crippen molar-refractivity contribution in [3.05, 3.63) is 18.0 Å². The molecular formula is C10H15N3O3. The molecule has 0 radical (unpaired) electrons. The number of hydrogen-bond acceptors (Lipinski definition) is 3. The Balaban J connectivity index is 2.61. The first kappa shape index (κ1) is 12.2. The molecule has 1 heterocycles. The van der Waals surface area contributed by atoms with Gasteiger partial charge in [-0.05, 0) is 5.92 Å². The lowest BCUT2D eigenvalue weighted by atomic mass is 10.0. The maximum absolute atomic E-state index is 11.6. The standard InChI is InChI=1S/C10H15N3O3/c1-6(2)8(3-9(14)15)13-10(16)7-4-11-12-5-7/h4-6,8H,3H2,1-2H3,(H,11,12)(H,13,16)(H,14,15). The van der Waals surface area contributed by atoms with Gasteiger partial charge in [0.15, 0.2) is 0 Å². The van der Waals surface area contributed by atoms with Gasteiger partial charge in [-0.15, -0.1) is 0 Å². The van der Waals surface area contributed by atoms with E-state index in [0.717, 1.165) is 0 Å². The van der Waals surface area contributed by atoms with Crippen LogP contribution in [0.3, 0.4) is 0 Å². The van der Waals surface area contributed by atoms with E-state index in [4.69, 9.17) is 5.11 Å². The Hall–Kier alpha value is -1.85. The van der Waals surface area contributed by atoms with Crippen LogP contribution >= 0.6 is 0 Å². The minimum atomic E-state index is -0.925. The largest absolute Gasteiger partial charge is 0.481 e. The van der Waals surface area contributed by atoms with Gasteiger partial charge in [-0.1, -0.05) is 13.8 Å². The van der Waals surface area contributed by atoms with Crippen LogP contribution in [0.5, 0.6) is 0 Å². The predicted molar refractivity (Wildman–Crippen MR) is 56.9 cm³/mol. The summed E-state index contributed by atoms with van der Waals surface area (Å²) in [5.74, 6) is -1.17. The van der Waals surface area contributed by atoms with Gasteiger partial charge in [0.25, 0.3) is 5.91 Å². The predicted octanol–water partition coefficient (Wildman–Crippen LogP) is 0.639. The van der Waals surface area contributed by atoms with E-state index in [1.165, 1.54) is 12.4 Å². The van der Waals surface area contributed by atoms with Crippen molar-refractivity contribution >= 4 is 11.9 Å². The lowest BCUT2D eigenvalue weighted by molar-refractivity contribution is -0.137. The number of hydrogen-bond donors (Lipinski definition) is 3. The highest BCUT2D eigenvalue weighted by molar-refractivity contribution is 5.94. The number of nitrogens with zero attached hydrogens (tertiary/aromatic N) is 1. The molecule has 0 aliphatic rings. The first-order valence-electron chi connectivity index (χ1n) is 5.02. The quantitative estimate of drug-likeness (QED) is 0.685.